The van der Waals surface area contributed by atoms with Gasteiger partial charge in [-0.25, -0.2) is 0 Å². The first kappa shape index (κ1) is 9.40. The van der Waals surface area contributed by atoms with Crippen molar-refractivity contribution >= 4 is 22.9 Å². The summed E-state index contributed by atoms with van der Waals surface area (Å²) in [6, 6.07) is 11.1. The predicted octanol–water partition coefficient (Wildman–Crippen LogP) is 1.94. The lowest BCUT2D eigenvalue weighted by molar-refractivity contribution is 0.112. The number of amidine groups is 1. The molecular formula is C12H10N2O. The summed E-state index contributed by atoms with van der Waals surface area (Å²) in [6.45, 7) is 0. The van der Waals surface area contributed by atoms with Crippen molar-refractivity contribution in [1.29, 1.82) is 5.41 Å². The quantitative estimate of drug-likeness (QED) is 0.440. The third kappa shape index (κ3) is 1.48. The molecule has 0 atom stereocenters. The molecule has 0 saturated heterocycles. The molecule has 0 aromatic heterocycles. The summed E-state index contributed by atoms with van der Waals surface area (Å²) in [5.74, 6) is -0.0807. The lowest BCUT2D eigenvalue weighted by atomic mass is 9.99. The van der Waals surface area contributed by atoms with Gasteiger partial charge in [0, 0.05) is 11.1 Å². The molecule has 0 aliphatic rings. The van der Waals surface area contributed by atoms with E-state index in [1.807, 2.05) is 30.3 Å². The van der Waals surface area contributed by atoms with Crippen molar-refractivity contribution in [3.8, 4) is 0 Å². The average Bonchev–Trinajstić information content (AvgIpc) is 2.27. The normalized spacial score (nSPS) is 10.1. The molecule has 2 aromatic rings. The zero-order valence-corrected chi connectivity index (χ0v) is 8.03. The second-order valence-electron chi connectivity index (χ2n) is 3.28. The van der Waals surface area contributed by atoms with Gasteiger partial charge in [-0.05, 0) is 16.8 Å². The van der Waals surface area contributed by atoms with Gasteiger partial charge in [0.25, 0.3) is 0 Å². The Morgan fingerprint density at radius 1 is 1.20 bits per heavy atom. The molecule has 0 aliphatic carbocycles. The van der Waals surface area contributed by atoms with Gasteiger partial charge in [-0.1, -0.05) is 30.3 Å². The second kappa shape index (κ2) is 3.53. The zero-order valence-electron chi connectivity index (χ0n) is 8.03. The lowest BCUT2D eigenvalue weighted by Crippen LogP contribution is -2.13. The lowest BCUT2D eigenvalue weighted by Gasteiger charge is -2.06. The van der Waals surface area contributed by atoms with E-state index in [1.54, 1.807) is 6.07 Å². The Kier molecular flexibility index (Phi) is 2.21. The van der Waals surface area contributed by atoms with Crippen molar-refractivity contribution in [3.05, 3.63) is 47.5 Å². The van der Waals surface area contributed by atoms with Gasteiger partial charge in [0.15, 0.2) is 6.29 Å². The number of hydrogen-bond donors (Lipinski definition) is 2. The van der Waals surface area contributed by atoms with Crippen molar-refractivity contribution in [2.75, 3.05) is 0 Å². The van der Waals surface area contributed by atoms with Crippen LogP contribution in [0.25, 0.3) is 10.8 Å². The van der Waals surface area contributed by atoms with Gasteiger partial charge in [-0.3, -0.25) is 10.2 Å². The smallest absolute Gasteiger partial charge is 0.151 e. The van der Waals surface area contributed by atoms with E-state index in [2.05, 4.69) is 0 Å². The standard InChI is InChI=1S/C12H10N2O/c13-12(14)10-6-5-8-3-1-2-4-9(8)11(10)7-15/h1-7H,(H3,13,14). The fourth-order valence-electron chi connectivity index (χ4n) is 1.66. The minimum atomic E-state index is -0.0807. The Balaban J connectivity index is 2.87. The Morgan fingerprint density at radius 2 is 1.93 bits per heavy atom. The molecule has 0 fully saturated rings. The first-order valence-electron chi connectivity index (χ1n) is 4.55. The maximum atomic E-state index is 11.0. The van der Waals surface area contributed by atoms with Gasteiger partial charge in [-0.2, -0.15) is 0 Å². The molecule has 3 heteroatoms. The van der Waals surface area contributed by atoms with Gasteiger partial charge in [0.1, 0.15) is 5.84 Å². The molecular weight excluding hydrogens is 188 g/mol. The number of fused-ring (bicyclic) bond motifs is 1. The van der Waals surface area contributed by atoms with Gasteiger partial charge in [-0.15, -0.1) is 0 Å². The summed E-state index contributed by atoms with van der Waals surface area (Å²) in [7, 11) is 0. The van der Waals surface area contributed by atoms with E-state index < -0.39 is 0 Å². The topological polar surface area (TPSA) is 66.9 Å². The molecule has 0 amide bonds. The van der Waals surface area contributed by atoms with E-state index in [0.717, 1.165) is 17.1 Å². The van der Waals surface area contributed by atoms with Crippen LogP contribution in [0.2, 0.25) is 0 Å². The number of nitrogens with two attached hydrogens (primary N) is 1. The Bertz CT molecular complexity index is 546. The van der Waals surface area contributed by atoms with Crippen LogP contribution in [0, 0.1) is 5.41 Å². The number of nitrogen functional groups attached to an aromatic ring is 1. The summed E-state index contributed by atoms with van der Waals surface area (Å²) in [6.07, 6.45) is 0.749. The molecule has 0 heterocycles. The molecule has 2 aromatic carbocycles. The highest BCUT2D eigenvalue weighted by molar-refractivity contribution is 6.10. The van der Waals surface area contributed by atoms with E-state index in [4.69, 9.17) is 11.1 Å². The van der Waals surface area contributed by atoms with Crippen LogP contribution in [-0.4, -0.2) is 12.1 Å². The molecule has 0 unspecified atom stereocenters. The third-order valence-corrected chi connectivity index (χ3v) is 2.38. The predicted molar refractivity (Wildman–Crippen MR) is 60.4 cm³/mol. The Labute approximate surface area is 87.0 Å². The fraction of sp³-hybridized carbons (Fsp3) is 0. The van der Waals surface area contributed by atoms with Crippen molar-refractivity contribution in [2.45, 2.75) is 0 Å². The second-order valence-corrected chi connectivity index (χ2v) is 3.28. The number of hydrogen-bond acceptors (Lipinski definition) is 2. The SMILES string of the molecule is N=C(N)c1ccc2ccccc2c1C=O. The highest BCUT2D eigenvalue weighted by Crippen LogP contribution is 2.20. The van der Waals surface area contributed by atoms with Crippen LogP contribution < -0.4 is 5.73 Å². The van der Waals surface area contributed by atoms with Crippen LogP contribution in [0.1, 0.15) is 15.9 Å². The third-order valence-electron chi connectivity index (χ3n) is 2.38. The fourth-order valence-corrected chi connectivity index (χ4v) is 1.66. The molecule has 0 aliphatic heterocycles. The van der Waals surface area contributed by atoms with E-state index in [1.165, 1.54) is 0 Å². The van der Waals surface area contributed by atoms with Gasteiger partial charge in [0.2, 0.25) is 0 Å². The highest BCUT2D eigenvalue weighted by atomic mass is 16.1. The van der Waals surface area contributed by atoms with Crippen LogP contribution in [-0.2, 0) is 0 Å². The number of benzene rings is 2. The molecule has 3 nitrogen and oxygen atoms in total. The molecule has 0 spiro atoms. The first-order chi connectivity index (χ1) is 7.24. The number of carbonyl (C=O) groups excluding carboxylic acids is 1. The zero-order chi connectivity index (χ0) is 10.8. The summed E-state index contributed by atoms with van der Waals surface area (Å²) in [4.78, 5) is 11.0. The largest absolute Gasteiger partial charge is 0.384 e. The van der Waals surface area contributed by atoms with E-state index in [0.29, 0.717) is 11.1 Å². The summed E-state index contributed by atoms with van der Waals surface area (Å²) < 4.78 is 0. The molecule has 2 rings (SSSR count). The van der Waals surface area contributed by atoms with Crippen molar-refractivity contribution in [3.63, 3.8) is 0 Å². The number of aldehydes is 1. The van der Waals surface area contributed by atoms with E-state index in [-0.39, 0.29) is 5.84 Å². The molecule has 0 bridgehead atoms. The first-order valence-corrected chi connectivity index (χ1v) is 4.55. The Hall–Kier alpha value is -2.16. The Morgan fingerprint density at radius 3 is 2.60 bits per heavy atom. The van der Waals surface area contributed by atoms with E-state index in [9.17, 15) is 4.79 Å². The number of rotatable bonds is 2. The monoisotopic (exact) mass is 198 g/mol. The maximum absolute atomic E-state index is 11.0. The average molecular weight is 198 g/mol. The minimum Gasteiger partial charge on any atom is -0.384 e. The maximum Gasteiger partial charge on any atom is 0.151 e. The van der Waals surface area contributed by atoms with Crippen LogP contribution in [0.15, 0.2) is 36.4 Å². The van der Waals surface area contributed by atoms with Crippen molar-refractivity contribution < 1.29 is 4.79 Å². The van der Waals surface area contributed by atoms with Crippen LogP contribution >= 0.6 is 0 Å². The molecule has 74 valence electrons. The molecule has 15 heavy (non-hydrogen) atoms. The minimum absolute atomic E-state index is 0.0807. The van der Waals surface area contributed by atoms with Crippen LogP contribution in [0.3, 0.4) is 0 Å². The van der Waals surface area contributed by atoms with Gasteiger partial charge in [0.05, 0.1) is 0 Å². The summed E-state index contributed by atoms with van der Waals surface area (Å²) >= 11 is 0. The number of nitrogens with one attached hydrogen (secondary N) is 1. The van der Waals surface area contributed by atoms with Crippen LogP contribution in [0.4, 0.5) is 0 Å². The molecule has 3 N–H and O–H groups in total. The number of carbonyl (C=O) groups is 1. The van der Waals surface area contributed by atoms with Gasteiger partial charge >= 0.3 is 0 Å². The highest BCUT2D eigenvalue weighted by Gasteiger charge is 2.08. The molecule has 0 radical (unpaired) electrons. The van der Waals surface area contributed by atoms with Crippen molar-refractivity contribution in [1.82, 2.24) is 0 Å². The van der Waals surface area contributed by atoms with E-state index >= 15 is 0 Å². The summed E-state index contributed by atoms with van der Waals surface area (Å²) in [5.41, 5.74) is 6.38. The molecule has 0 saturated carbocycles. The summed E-state index contributed by atoms with van der Waals surface area (Å²) in [5, 5.41) is 9.18. The van der Waals surface area contributed by atoms with Crippen LogP contribution in [0.5, 0.6) is 0 Å². The van der Waals surface area contributed by atoms with Gasteiger partial charge < -0.3 is 5.73 Å². The van der Waals surface area contributed by atoms with Crippen molar-refractivity contribution in [2.24, 2.45) is 5.73 Å².